The smallest absolute Gasteiger partial charge is 0.416 e. The van der Waals surface area contributed by atoms with E-state index in [1.54, 1.807) is 0 Å². The van der Waals surface area contributed by atoms with E-state index >= 15 is 0 Å². The molecule has 3 amide bonds. The van der Waals surface area contributed by atoms with Crippen molar-refractivity contribution in [3.05, 3.63) is 59.7 Å². The summed E-state index contributed by atoms with van der Waals surface area (Å²) in [6.45, 7) is -0.702. The predicted octanol–water partition coefficient (Wildman–Crippen LogP) is 4.04. The van der Waals surface area contributed by atoms with Crippen LogP contribution in [0.5, 0.6) is 0 Å². The largest absolute Gasteiger partial charge is 0.452 e. The third-order valence-corrected chi connectivity index (χ3v) is 7.10. The van der Waals surface area contributed by atoms with Gasteiger partial charge in [-0.15, -0.1) is 0 Å². The molecule has 3 fully saturated rings. The van der Waals surface area contributed by atoms with Crippen LogP contribution in [0.2, 0.25) is 0 Å². The van der Waals surface area contributed by atoms with Gasteiger partial charge in [-0.25, -0.2) is 4.79 Å². The quantitative estimate of drug-likeness (QED) is 0.509. The number of fused-ring (bicyclic) bond motifs is 5. The fourth-order valence-electron chi connectivity index (χ4n) is 5.59. The summed E-state index contributed by atoms with van der Waals surface area (Å²) in [5, 5.41) is 2.25. The molecule has 35 heavy (non-hydrogen) atoms. The first-order chi connectivity index (χ1) is 16.6. The molecule has 0 unspecified atom stereocenters. The van der Waals surface area contributed by atoms with Crippen molar-refractivity contribution in [3.8, 4) is 0 Å². The van der Waals surface area contributed by atoms with E-state index in [4.69, 9.17) is 4.74 Å². The van der Waals surface area contributed by atoms with Crippen molar-refractivity contribution in [2.24, 2.45) is 23.7 Å². The summed E-state index contributed by atoms with van der Waals surface area (Å²) in [5.41, 5.74) is -0.519. The molecule has 2 bridgehead atoms. The van der Waals surface area contributed by atoms with E-state index in [1.807, 2.05) is 0 Å². The molecule has 3 aliphatic rings. The van der Waals surface area contributed by atoms with Gasteiger partial charge in [0.1, 0.15) is 0 Å². The van der Waals surface area contributed by atoms with Crippen LogP contribution in [0.25, 0.3) is 0 Å². The molecule has 182 valence electrons. The summed E-state index contributed by atoms with van der Waals surface area (Å²) >= 11 is 0. The van der Waals surface area contributed by atoms with Crippen LogP contribution < -0.4 is 10.2 Å². The Labute approximate surface area is 198 Å². The van der Waals surface area contributed by atoms with Gasteiger partial charge in [0.2, 0.25) is 11.8 Å². The van der Waals surface area contributed by atoms with Crippen molar-refractivity contribution >= 4 is 35.1 Å². The Morgan fingerprint density at radius 2 is 1.60 bits per heavy atom. The van der Waals surface area contributed by atoms with Crippen LogP contribution in [-0.4, -0.2) is 30.3 Å². The highest BCUT2D eigenvalue weighted by Crippen LogP contribution is 2.56. The Balaban J connectivity index is 1.18. The molecule has 1 heterocycles. The van der Waals surface area contributed by atoms with Crippen LogP contribution in [0.15, 0.2) is 48.5 Å². The number of nitrogens with zero attached hydrogens (tertiary/aromatic N) is 1. The molecule has 7 nitrogen and oxygen atoms in total. The van der Waals surface area contributed by atoms with E-state index in [-0.39, 0.29) is 46.7 Å². The highest BCUT2D eigenvalue weighted by Gasteiger charge is 2.61. The van der Waals surface area contributed by atoms with Crippen LogP contribution in [0.4, 0.5) is 24.5 Å². The maximum atomic E-state index is 12.9. The molecule has 1 N–H and O–H groups in total. The number of imide groups is 1. The molecule has 1 saturated heterocycles. The Morgan fingerprint density at radius 3 is 2.20 bits per heavy atom. The zero-order chi connectivity index (χ0) is 24.9. The Bertz CT molecular complexity index is 1180. The highest BCUT2D eigenvalue weighted by molar-refractivity contribution is 6.22. The van der Waals surface area contributed by atoms with Crippen LogP contribution >= 0.6 is 0 Å². The number of amides is 3. The maximum Gasteiger partial charge on any atom is 0.416 e. The van der Waals surface area contributed by atoms with E-state index in [2.05, 4.69) is 5.32 Å². The van der Waals surface area contributed by atoms with E-state index in [0.29, 0.717) is 5.69 Å². The first-order valence-electron chi connectivity index (χ1n) is 11.3. The van der Waals surface area contributed by atoms with Gasteiger partial charge in [0.05, 0.1) is 28.7 Å². The second kappa shape index (κ2) is 8.51. The topological polar surface area (TPSA) is 92.8 Å². The number of esters is 1. The minimum Gasteiger partial charge on any atom is -0.452 e. The minimum absolute atomic E-state index is 0.0802. The van der Waals surface area contributed by atoms with Crippen molar-refractivity contribution in [1.82, 2.24) is 0 Å². The van der Waals surface area contributed by atoms with Gasteiger partial charge in [0.15, 0.2) is 6.61 Å². The van der Waals surface area contributed by atoms with Crippen molar-refractivity contribution in [3.63, 3.8) is 0 Å². The fourth-order valence-corrected chi connectivity index (χ4v) is 5.59. The van der Waals surface area contributed by atoms with Gasteiger partial charge in [0.25, 0.3) is 5.91 Å². The zero-order valence-corrected chi connectivity index (χ0v) is 18.4. The van der Waals surface area contributed by atoms with E-state index < -0.39 is 30.2 Å². The lowest BCUT2D eigenvalue weighted by molar-refractivity contribution is -0.137. The SMILES string of the molecule is O=C(COC(=O)c1ccc(N2C(=O)[C@H]3[C@H]4CC[C@@H](C4)[C@@H]3C2=O)cc1)Nc1cccc(C(F)(F)F)c1. The lowest BCUT2D eigenvalue weighted by Gasteiger charge is -2.19. The normalized spacial score (nSPS) is 25.1. The monoisotopic (exact) mass is 486 g/mol. The summed E-state index contributed by atoms with van der Waals surface area (Å²) in [7, 11) is 0. The molecule has 4 atom stereocenters. The molecule has 10 heteroatoms. The van der Waals surface area contributed by atoms with E-state index in [9.17, 15) is 32.3 Å². The van der Waals surface area contributed by atoms with Gasteiger partial charge >= 0.3 is 12.1 Å². The lowest BCUT2D eigenvalue weighted by atomic mass is 9.81. The Morgan fingerprint density at radius 1 is 0.971 bits per heavy atom. The Hall–Kier alpha value is -3.69. The number of benzene rings is 2. The first-order valence-corrected chi connectivity index (χ1v) is 11.3. The number of hydrogen-bond donors (Lipinski definition) is 1. The second-order valence-corrected chi connectivity index (χ2v) is 9.15. The molecule has 1 aliphatic heterocycles. The third kappa shape index (κ3) is 4.17. The average molecular weight is 486 g/mol. The highest BCUT2D eigenvalue weighted by atomic mass is 19.4. The van der Waals surface area contributed by atoms with Crippen molar-refractivity contribution in [1.29, 1.82) is 0 Å². The molecule has 2 aromatic carbocycles. The van der Waals surface area contributed by atoms with Gasteiger partial charge in [0, 0.05) is 5.69 Å². The number of hydrogen-bond acceptors (Lipinski definition) is 5. The number of rotatable bonds is 5. The van der Waals surface area contributed by atoms with Crippen LogP contribution in [0.3, 0.4) is 0 Å². The molecule has 0 radical (unpaired) electrons. The summed E-state index contributed by atoms with van der Waals surface area (Å²) in [5.74, 6) is -1.97. The van der Waals surface area contributed by atoms with Crippen LogP contribution in [-0.2, 0) is 25.3 Å². The van der Waals surface area contributed by atoms with E-state index in [1.165, 1.54) is 35.2 Å². The third-order valence-electron chi connectivity index (χ3n) is 7.10. The molecule has 0 spiro atoms. The minimum atomic E-state index is -4.55. The number of alkyl halides is 3. The zero-order valence-electron chi connectivity index (χ0n) is 18.4. The number of anilines is 2. The number of halogens is 3. The molecule has 2 aliphatic carbocycles. The second-order valence-electron chi connectivity index (χ2n) is 9.15. The van der Waals surface area contributed by atoms with Gasteiger partial charge in [-0.2, -0.15) is 13.2 Å². The number of carbonyl (C=O) groups is 4. The van der Waals surface area contributed by atoms with Gasteiger partial charge in [-0.3, -0.25) is 19.3 Å². The average Bonchev–Trinajstić information content (AvgIpc) is 3.51. The first kappa shape index (κ1) is 23.1. The standard InChI is InChI=1S/C25H21F3N2O5/c26-25(27,28)16-2-1-3-17(11-16)29-19(31)12-35-24(34)13-6-8-18(9-7-13)30-22(32)20-14-4-5-15(10-14)21(20)23(30)33/h1-3,6-9,11,14-15,20-21H,4-5,10,12H2,(H,29,31)/t14-,15-,20-,21-/m0/s1. The number of nitrogens with one attached hydrogen (secondary N) is 1. The van der Waals surface area contributed by atoms with Crippen molar-refractivity contribution in [2.75, 3.05) is 16.8 Å². The van der Waals surface area contributed by atoms with Gasteiger partial charge in [-0.05, 0) is 73.6 Å². The number of ether oxygens (including phenoxy) is 1. The lowest BCUT2D eigenvalue weighted by Crippen LogP contribution is -2.32. The molecule has 2 saturated carbocycles. The summed E-state index contributed by atoms with van der Waals surface area (Å²) in [6, 6.07) is 9.85. The van der Waals surface area contributed by atoms with Crippen LogP contribution in [0.1, 0.15) is 35.2 Å². The van der Waals surface area contributed by atoms with E-state index in [0.717, 1.165) is 37.5 Å². The Kier molecular flexibility index (Phi) is 5.61. The van der Waals surface area contributed by atoms with Gasteiger partial charge in [-0.1, -0.05) is 6.07 Å². The predicted molar refractivity (Wildman–Crippen MR) is 117 cm³/mol. The van der Waals surface area contributed by atoms with Gasteiger partial charge < -0.3 is 10.1 Å². The van der Waals surface area contributed by atoms with Crippen LogP contribution in [0, 0.1) is 23.7 Å². The molecule has 0 aromatic heterocycles. The van der Waals surface area contributed by atoms with Crippen molar-refractivity contribution in [2.45, 2.75) is 25.4 Å². The molecular weight excluding hydrogens is 465 g/mol. The molecular formula is C25H21F3N2O5. The number of carbonyl (C=O) groups excluding carboxylic acids is 4. The summed E-state index contributed by atoms with van der Waals surface area (Å²) < 4.78 is 43.3. The van der Waals surface area contributed by atoms with Crippen molar-refractivity contribution < 1.29 is 37.1 Å². The molecule has 2 aromatic rings. The fraction of sp³-hybridized carbons (Fsp3) is 0.360. The summed E-state index contributed by atoms with van der Waals surface area (Å²) in [6.07, 6.45) is -1.66. The molecule has 5 rings (SSSR count). The summed E-state index contributed by atoms with van der Waals surface area (Å²) in [4.78, 5) is 51.4. The maximum absolute atomic E-state index is 12.9.